The summed E-state index contributed by atoms with van der Waals surface area (Å²) in [5.41, 5.74) is 0.778. The van der Waals surface area contributed by atoms with Crippen molar-refractivity contribution in [2.24, 2.45) is 5.92 Å². The molecule has 1 aromatic heterocycles. The second-order valence-corrected chi connectivity index (χ2v) is 14.3. The van der Waals surface area contributed by atoms with Crippen molar-refractivity contribution in [3.8, 4) is 23.0 Å². The lowest BCUT2D eigenvalue weighted by molar-refractivity contribution is -0.150. The molecule has 46 heavy (non-hydrogen) atoms. The minimum absolute atomic E-state index is 0.0388. The third kappa shape index (κ3) is 7.91. The Morgan fingerprint density at radius 2 is 1.72 bits per heavy atom. The molecule has 0 radical (unpaired) electrons. The molecule has 1 saturated heterocycles. The number of methoxy groups -OCH3 is 2. The zero-order chi connectivity index (χ0) is 33.0. The lowest BCUT2D eigenvalue weighted by atomic mass is 10.0. The Morgan fingerprint density at radius 3 is 2.37 bits per heavy atom. The Bertz CT molecular complexity index is 1660. The zero-order valence-corrected chi connectivity index (χ0v) is 27.8. The predicted molar refractivity (Wildman–Crippen MR) is 168 cm³/mol. The van der Waals surface area contributed by atoms with Gasteiger partial charge in [-0.15, -0.1) is 11.8 Å². The fourth-order valence-electron chi connectivity index (χ4n) is 4.77. The van der Waals surface area contributed by atoms with Gasteiger partial charge in [-0.3, -0.25) is 4.98 Å². The molecular weight excluding hydrogens is 689 g/mol. The van der Waals surface area contributed by atoms with Crippen molar-refractivity contribution >= 4 is 51.0 Å². The number of thioether (sulfide) groups is 1. The summed E-state index contributed by atoms with van der Waals surface area (Å²) in [6, 6.07) is 8.37. The molecule has 2 heterocycles. The normalized spacial score (nSPS) is 17.5. The smallest absolute Gasteiger partial charge is 0.387 e. The molecule has 2 aromatic carbocycles. The van der Waals surface area contributed by atoms with E-state index < -0.39 is 34.1 Å². The van der Waals surface area contributed by atoms with Crippen LogP contribution < -0.4 is 18.9 Å². The molecule has 0 N–H and O–H groups in total. The van der Waals surface area contributed by atoms with Gasteiger partial charge < -0.3 is 23.7 Å². The van der Waals surface area contributed by atoms with Crippen LogP contribution in [0.1, 0.15) is 30.1 Å². The largest absolute Gasteiger partial charge is 0.493 e. The maximum atomic E-state index is 13.8. The topological polar surface area (TPSA) is 113 Å². The minimum atomic E-state index is -4.18. The van der Waals surface area contributed by atoms with Gasteiger partial charge in [0, 0.05) is 37.2 Å². The van der Waals surface area contributed by atoms with E-state index in [1.807, 2.05) is 0 Å². The third-order valence-electron chi connectivity index (χ3n) is 7.34. The van der Waals surface area contributed by atoms with E-state index in [-0.39, 0.29) is 45.2 Å². The third-order valence-corrected chi connectivity index (χ3v) is 11.2. The summed E-state index contributed by atoms with van der Waals surface area (Å²) in [7, 11) is -1.36. The first-order chi connectivity index (χ1) is 22.0. The van der Waals surface area contributed by atoms with Gasteiger partial charge in [0.05, 0.1) is 35.8 Å². The standard InChI is InChI=1S/C30H30Cl2F2N2O8S2/c1-40-23-8-6-19(12-26(23)41-2)46(38,39)36-9-10-45-28(36)29(37)43-25(13-20-21(31)14-35-15-22(20)32)18-5-7-24(44-30(33)34)27(11-18)42-16-17-3-4-17/h5-8,11-12,14-15,17,25,28,30H,3-4,9-10,13,16H2,1-2H3. The van der Waals surface area contributed by atoms with E-state index in [1.54, 1.807) is 0 Å². The molecule has 10 nitrogen and oxygen atoms in total. The molecule has 2 atom stereocenters. The van der Waals surface area contributed by atoms with Crippen LogP contribution in [0.5, 0.6) is 23.0 Å². The SMILES string of the molecule is COc1ccc(S(=O)(=O)N2CCSC2C(=O)OC(Cc2c(Cl)cncc2Cl)c2ccc(OC(F)F)c(OCC3CC3)c2)cc1OC. The number of sulfonamides is 1. The second-order valence-electron chi connectivity index (χ2n) is 10.4. The summed E-state index contributed by atoms with van der Waals surface area (Å²) in [6.45, 7) is -2.74. The van der Waals surface area contributed by atoms with Crippen molar-refractivity contribution in [3.63, 3.8) is 0 Å². The number of nitrogens with zero attached hydrogens (tertiary/aromatic N) is 2. The molecule has 1 aliphatic heterocycles. The number of aromatic nitrogens is 1. The molecule has 16 heteroatoms. The fraction of sp³-hybridized carbons (Fsp3) is 0.400. The molecular formula is C30H30Cl2F2N2O8S2. The van der Waals surface area contributed by atoms with Crippen LogP contribution in [0, 0.1) is 5.92 Å². The molecule has 3 aromatic rings. The van der Waals surface area contributed by atoms with E-state index >= 15 is 0 Å². The number of carbonyl (C=O) groups excluding carboxylic acids is 1. The Balaban J connectivity index is 1.46. The van der Waals surface area contributed by atoms with Gasteiger partial charge in [-0.1, -0.05) is 29.3 Å². The fourth-order valence-corrected chi connectivity index (χ4v) is 8.35. The highest BCUT2D eigenvalue weighted by atomic mass is 35.5. The minimum Gasteiger partial charge on any atom is -0.493 e. The van der Waals surface area contributed by atoms with Crippen molar-refractivity contribution in [1.29, 1.82) is 0 Å². The number of carbonyl (C=O) groups is 1. The van der Waals surface area contributed by atoms with Crippen LogP contribution in [0.2, 0.25) is 10.0 Å². The number of hydrogen-bond acceptors (Lipinski definition) is 10. The summed E-state index contributed by atoms with van der Waals surface area (Å²) >= 11 is 13.9. The van der Waals surface area contributed by atoms with Crippen molar-refractivity contribution < 1.29 is 45.7 Å². The van der Waals surface area contributed by atoms with Crippen molar-refractivity contribution in [3.05, 3.63) is 70.0 Å². The average Bonchev–Trinajstić information content (AvgIpc) is 3.72. The lowest BCUT2D eigenvalue weighted by Gasteiger charge is -2.26. The number of halogens is 4. The van der Waals surface area contributed by atoms with Crippen LogP contribution in [0.15, 0.2) is 53.7 Å². The first-order valence-electron chi connectivity index (χ1n) is 14.1. The number of esters is 1. The molecule has 0 spiro atoms. The maximum absolute atomic E-state index is 13.8. The van der Waals surface area contributed by atoms with Crippen LogP contribution in [0.4, 0.5) is 8.78 Å². The average molecular weight is 720 g/mol. The van der Waals surface area contributed by atoms with Gasteiger partial charge in [-0.2, -0.15) is 13.1 Å². The van der Waals surface area contributed by atoms with Gasteiger partial charge in [0.15, 0.2) is 28.4 Å². The Hall–Kier alpha value is -3.04. The van der Waals surface area contributed by atoms with Crippen molar-refractivity contribution in [1.82, 2.24) is 9.29 Å². The molecule has 1 saturated carbocycles. The van der Waals surface area contributed by atoms with E-state index in [2.05, 4.69) is 9.72 Å². The Kier molecular flexibility index (Phi) is 11.0. The molecule has 2 aliphatic rings. The van der Waals surface area contributed by atoms with Crippen LogP contribution in [0.25, 0.3) is 0 Å². The van der Waals surface area contributed by atoms with Crippen LogP contribution in [0.3, 0.4) is 0 Å². The number of ether oxygens (including phenoxy) is 5. The van der Waals surface area contributed by atoms with Gasteiger partial charge in [0.2, 0.25) is 10.0 Å². The monoisotopic (exact) mass is 718 g/mol. The number of hydrogen-bond donors (Lipinski definition) is 0. The van der Waals surface area contributed by atoms with Gasteiger partial charge >= 0.3 is 12.6 Å². The summed E-state index contributed by atoms with van der Waals surface area (Å²) in [5.74, 6) is 0.219. The lowest BCUT2D eigenvalue weighted by Crippen LogP contribution is -2.40. The highest BCUT2D eigenvalue weighted by Crippen LogP contribution is 2.40. The molecule has 2 fully saturated rings. The van der Waals surface area contributed by atoms with Crippen molar-refractivity contribution in [2.45, 2.75) is 42.2 Å². The predicted octanol–water partition coefficient (Wildman–Crippen LogP) is 6.39. The number of rotatable bonds is 14. The van der Waals surface area contributed by atoms with Crippen molar-refractivity contribution in [2.75, 3.05) is 33.1 Å². The maximum Gasteiger partial charge on any atom is 0.387 e. The van der Waals surface area contributed by atoms with E-state index in [1.165, 1.54) is 63.0 Å². The molecule has 0 amide bonds. The number of alkyl halides is 2. The first kappa shape index (κ1) is 34.3. The van der Waals surface area contributed by atoms with Crippen LogP contribution in [-0.4, -0.2) is 68.8 Å². The van der Waals surface area contributed by atoms with E-state index in [9.17, 15) is 22.0 Å². The molecule has 0 bridgehead atoms. The molecule has 2 unspecified atom stereocenters. The summed E-state index contributed by atoms with van der Waals surface area (Å²) in [5, 5.41) is -0.801. The number of benzene rings is 2. The Morgan fingerprint density at radius 1 is 1.02 bits per heavy atom. The first-order valence-corrected chi connectivity index (χ1v) is 17.3. The van der Waals surface area contributed by atoms with E-state index in [0.717, 1.165) is 28.9 Å². The van der Waals surface area contributed by atoms with Gasteiger partial charge in [-0.05, 0) is 54.2 Å². The molecule has 248 valence electrons. The van der Waals surface area contributed by atoms with E-state index in [0.29, 0.717) is 35.2 Å². The Labute approximate surface area is 279 Å². The highest BCUT2D eigenvalue weighted by molar-refractivity contribution is 8.02. The van der Waals surface area contributed by atoms with Crippen LogP contribution in [-0.2, 0) is 26.0 Å². The summed E-state index contributed by atoms with van der Waals surface area (Å²) in [6.07, 6.45) is 3.58. The number of pyridine rings is 1. The van der Waals surface area contributed by atoms with Gasteiger partial charge in [0.1, 0.15) is 6.10 Å². The zero-order valence-electron chi connectivity index (χ0n) is 24.7. The van der Waals surface area contributed by atoms with Crippen LogP contribution >= 0.6 is 35.0 Å². The van der Waals surface area contributed by atoms with Gasteiger partial charge in [-0.25, -0.2) is 13.2 Å². The summed E-state index contributed by atoms with van der Waals surface area (Å²) < 4.78 is 81.9. The highest BCUT2D eigenvalue weighted by Gasteiger charge is 2.42. The summed E-state index contributed by atoms with van der Waals surface area (Å²) in [4.78, 5) is 17.7. The van der Waals surface area contributed by atoms with Gasteiger partial charge in [0.25, 0.3) is 0 Å². The van der Waals surface area contributed by atoms with E-state index in [4.69, 9.17) is 42.1 Å². The molecule has 5 rings (SSSR count). The second kappa shape index (κ2) is 14.8. The quantitative estimate of drug-likeness (QED) is 0.174. The molecule has 1 aliphatic carbocycles.